The van der Waals surface area contributed by atoms with Crippen molar-refractivity contribution in [1.29, 1.82) is 0 Å². The van der Waals surface area contributed by atoms with Gasteiger partial charge in [0.05, 0.1) is 12.8 Å². The second kappa shape index (κ2) is 6.34. The van der Waals surface area contributed by atoms with Crippen LogP contribution in [-0.2, 0) is 25.5 Å². The van der Waals surface area contributed by atoms with E-state index < -0.39 is 58.3 Å². The number of carbonyl (C=O) groups excluding carboxylic acids is 2. The average Bonchev–Trinajstić information content (AvgIpc) is 2.80. The number of hydrogen-bond donors (Lipinski definition) is 2. The van der Waals surface area contributed by atoms with Crippen LogP contribution in [0.1, 0.15) is 25.0 Å². The summed E-state index contributed by atoms with van der Waals surface area (Å²) in [6, 6.07) is 0.476. The van der Waals surface area contributed by atoms with E-state index in [1.165, 1.54) is 13.8 Å². The molecule has 0 bridgehead atoms. The fourth-order valence-electron chi connectivity index (χ4n) is 2.99. The number of amides is 1. The van der Waals surface area contributed by atoms with E-state index in [9.17, 15) is 46.1 Å². The minimum atomic E-state index is -5.66. The Morgan fingerprint density at radius 3 is 2.11 bits per heavy atom. The molecule has 0 saturated heterocycles. The molecule has 0 radical (unpaired) electrons. The number of ether oxygens (including phenoxy) is 1. The molecular weight excluding hydrogens is 400 g/mol. The maximum atomic E-state index is 13.5. The number of rotatable bonds is 3. The smallest absolute Gasteiger partial charge is 0.432 e. The highest BCUT2D eigenvalue weighted by Crippen LogP contribution is 2.52. The Kier molecular flexibility index (Phi) is 4.97. The third kappa shape index (κ3) is 2.73. The number of carbonyl (C=O) groups is 2. The topological polar surface area (TPSA) is 87.1 Å². The summed E-state index contributed by atoms with van der Waals surface area (Å²) in [5, 5.41) is 20.1. The minimum Gasteiger partial charge on any atom is -0.466 e. The van der Waals surface area contributed by atoms with Gasteiger partial charge in [0, 0.05) is 17.2 Å². The molecule has 28 heavy (non-hydrogen) atoms. The fraction of sp³-hybridized carbons (Fsp3) is 0.500. The maximum Gasteiger partial charge on any atom is 0.432 e. The summed E-state index contributed by atoms with van der Waals surface area (Å²) in [6.45, 7) is 2.66. The third-order valence-electron chi connectivity index (χ3n) is 4.41. The van der Waals surface area contributed by atoms with E-state index in [0.717, 1.165) is 0 Å². The molecule has 1 aliphatic heterocycles. The Morgan fingerprint density at radius 2 is 1.71 bits per heavy atom. The predicted molar refractivity (Wildman–Crippen MR) is 81.0 cm³/mol. The molecule has 2 N–H and O–H groups in total. The number of alkyl halides is 6. The molecule has 1 aromatic carbocycles. The molecule has 0 fully saturated rings. The van der Waals surface area contributed by atoms with Crippen LogP contribution in [0.15, 0.2) is 18.2 Å². The Balaban J connectivity index is 2.85. The van der Waals surface area contributed by atoms with Crippen molar-refractivity contribution in [3.8, 4) is 0 Å². The second-order valence-corrected chi connectivity index (χ2v) is 6.41. The molecule has 0 spiro atoms. The van der Waals surface area contributed by atoms with Gasteiger partial charge in [-0.3, -0.25) is 4.79 Å². The van der Waals surface area contributed by atoms with Crippen molar-refractivity contribution < 1.29 is 50.9 Å². The van der Waals surface area contributed by atoms with Gasteiger partial charge in [0.15, 0.2) is 0 Å². The largest absolute Gasteiger partial charge is 0.466 e. The molecule has 1 aromatic rings. The van der Waals surface area contributed by atoms with E-state index in [1.807, 2.05) is 0 Å². The van der Waals surface area contributed by atoms with E-state index in [-0.39, 0.29) is 6.07 Å². The summed E-state index contributed by atoms with van der Waals surface area (Å²) in [7, 11) is 0.544. The van der Waals surface area contributed by atoms with Crippen molar-refractivity contribution in [2.24, 2.45) is 0 Å². The highest BCUT2D eigenvalue weighted by molar-refractivity contribution is 6.08. The highest BCUT2D eigenvalue weighted by atomic mass is 19.4. The van der Waals surface area contributed by atoms with Gasteiger partial charge in [-0.05, 0) is 26.0 Å². The van der Waals surface area contributed by atoms with Crippen molar-refractivity contribution in [2.75, 3.05) is 12.0 Å². The van der Waals surface area contributed by atoms with E-state index in [1.54, 1.807) is 0 Å². The quantitative estimate of drug-likeness (QED) is 0.584. The van der Waals surface area contributed by atoms with E-state index >= 15 is 0 Å². The normalized spacial score (nSPS) is 22.3. The lowest BCUT2D eigenvalue weighted by Crippen LogP contribution is -2.52. The molecule has 1 heterocycles. The van der Waals surface area contributed by atoms with Crippen LogP contribution in [0.25, 0.3) is 0 Å². The number of aliphatic hydroxyl groups is 2. The van der Waals surface area contributed by atoms with Gasteiger partial charge in [-0.1, -0.05) is 6.07 Å². The number of anilines is 1. The van der Waals surface area contributed by atoms with Gasteiger partial charge >= 0.3 is 18.3 Å². The zero-order valence-corrected chi connectivity index (χ0v) is 14.6. The van der Waals surface area contributed by atoms with Crippen LogP contribution in [0.5, 0.6) is 0 Å². The summed E-state index contributed by atoms with van der Waals surface area (Å²) < 4.78 is 84.6. The lowest BCUT2D eigenvalue weighted by molar-refractivity contribution is -0.267. The number of nitrogens with zero attached hydrogens (tertiary/aromatic N) is 1. The molecule has 1 aliphatic rings. The molecule has 2 rings (SSSR count). The Hall–Kier alpha value is -2.34. The van der Waals surface area contributed by atoms with Gasteiger partial charge in [-0.2, -0.15) is 26.3 Å². The van der Waals surface area contributed by atoms with Crippen LogP contribution in [0.4, 0.5) is 32.0 Å². The first-order valence-electron chi connectivity index (χ1n) is 7.70. The molecule has 2 atom stereocenters. The summed E-state index contributed by atoms with van der Waals surface area (Å²) >= 11 is 0. The van der Waals surface area contributed by atoms with Crippen LogP contribution < -0.4 is 4.90 Å². The summed E-state index contributed by atoms with van der Waals surface area (Å²) in [4.78, 5) is 24.5. The van der Waals surface area contributed by atoms with Crippen molar-refractivity contribution >= 4 is 17.6 Å². The van der Waals surface area contributed by atoms with Crippen molar-refractivity contribution in [3.05, 3.63) is 29.3 Å². The number of methoxy groups -OCH3 is 1. The van der Waals surface area contributed by atoms with Gasteiger partial charge < -0.3 is 19.8 Å². The lowest BCUT2D eigenvalue weighted by atomic mass is 9.87. The van der Waals surface area contributed by atoms with Crippen LogP contribution in [-0.4, -0.2) is 47.6 Å². The van der Waals surface area contributed by atoms with Gasteiger partial charge in [0.25, 0.3) is 17.1 Å². The van der Waals surface area contributed by atoms with Gasteiger partial charge in [-0.15, -0.1) is 0 Å². The second-order valence-electron chi connectivity index (χ2n) is 6.41. The lowest BCUT2D eigenvalue weighted by Gasteiger charge is -2.29. The van der Waals surface area contributed by atoms with Crippen molar-refractivity contribution in [2.45, 2.75) is 43.4 Å². The molecule has 0 aromatic heterocycles. The van der Waals surface area contributed by atoms with Gasteiger partial charge in [-0.25, -0.2) is 4.79 Å². The summed E-state index contributed by atoms with van der Waals surface area (Å²) in [6.07, 6.45) is -11.2. The van der Waals surface area contributed by atoms with E-state index in [0.29, 0.717) is 24.1 Å². The van der Waals surface area contributed by atoms with Crippen LogP contribution in [0, 0.1) is 0 Å². The molecule has 0 unspecified atom stereocenters. The molecule has 1 amide bonds. The molecule has 6 nitrogen and oxygen atoms in total. The van der Waals surface area contributed by atoms with Crippen molar-refractivity contribution in [1.82, 2.24) is 0 Å². The zero-order valence-electron chi connectivity index (χ0n) is 14.6. The average molecular weight is 415 g/mol. The predicted octanol–water partition coefficient (Wildman–Crippen LogP) is 2.11. The first-order chi connectivity index (χ1) is 12.5. The first-order valence-corrected chi connectivity index (χ1v) is 7.70. The summed E-state index contributed by atoms with van der Waals surface area (Å²) in [5.41, 5.74) is -11.5. The van der Waals surface area contributed by atoms with Crippen LogP contribution in [0.2, 0.25) is 0 Å². The Labute approximate surface area is 154 Å². The van der Waals surface area contributed by atoms with E-state index in [4.69, 9.17) is 0 Å². The maximum absolute atomic E-state index is 13.5. The van der Waals surface area contributed by atoms with Crippen LogP contribution in [0.3, 0.4) is 0 Å². The van der Waals surface area contributed by atoms with E-state index in [2.05, 4.69) is 4.74 Å². The first kappa shape index (κ1) is 22.0. The number of benzene rings is 1. The van der Waals surface area contributed by atoms with Gasteiger partial charge in [0.2, 0.25) is 0 Å². The summed E-state index contributed by atoms with van der Waals surface area (Å²) in [5.74, 6) is -4.00. The SMILES string of the molecule is COC(=O)[C@@](O)(c1ccc2c(c1)[C@@](O)(C(F)(F)F)C(=O)N2C(C)C)C(F)(F)F. The molecular formula is C16H15F6NO5. The monoisotopic (exact) mass is 415 g/mol. The zero-order chi connectivity index (χ0) is 21.9. The molecule has 0 aliphatic carbocycles. The fourth-order valence-corrected chi connectivity index (χ4v) is 2.99. The Morgan fingerprint density at radius 1 is 1.18 bits per heavy atom. The van der Waals surface area contributed by atoms with Crippen LogP contribution >= 0.6 is 0 Å². The molecule has 12 heteroatoms. The standard InChI is InChI=1S/C16H15F6NO5/c1-7(2)23-10-5-4-8(13(26,12(25)28-3)15(17,18)19)6-9(10)14(27,11(23)24)16(20,21)22/h4-7,26-27H,1-3H3/t13-,14-/m0/s1. The number of esters is 1. The highest BCUT2D eigenvalue weighted by Gasteiger charge is 2.68. The third-order valence-corrected chi connectivity index (χ3v) is 4.41. The number of fused-ring (bicyclic) bond motifs is 1. The molecule has 0 saturated carbocycles. The van der Waals surface area contributed by atoms with Crippen molar-refractivity contribution in [3.63, 3.8) is 0 Å². The minimum absolute atomic E-state index is 0.132. The number of halogens is 6. The molecule has 156 valence electrons. The Bertz CT molecular complexity index is 821. The number of hydrogen-bond acceptors (Lipinski definition) is 5. The van der Waals surface area contributed by atoms with Gasteiger partial charge in [0.1, 0.15) is 0 Å².